The summed E-state index contributed by atoms with van der Waals surface area (Å²) < 4.78 is 1.37. The lowest BCUT2D eigenvalue weighted by molar-refractivity contribution is 0.464. The molecule has 8 heteroatoms. The number of aromatic amines is 1. The lowest BCUT2D eigenvalue weighted by Gasteiger charge is -2.14. The third-order valence-electron chi connectivity index (χ3n) is 2.74. The van der Waals surface area contributed by atoms with Crippen LogP contribution in [0.4, 0.5) is 5.69 Å². The average molecular weight is 297 g/mol. The van der Waals surface area contributed by atoms with Crippen molar-refractivity contribution in [2.45, 2.75) is 33.4 Å². The van der Waals surface area contributed by atoms with Gasteiger partial charge in [0.2, 0.25) is 0 Å². The molecular formula is C12H17ClN6O. The maximum atomic E-state index is 12.1. The summed E-state index contributed by atoms with van der Waals surface area (Å²) in [6, 6.07) is -0.155. The fourth-order valence-electron chi connectivity index (χ4n) is 1.77. The first-order chi connectivity index (χ1) is 9.49. The SMILES string of the molecule is CC(C)Cn1ncc(NC(C)c2ncn[nH]2)c(Cl)c1=O. The number of nitrogens with one attached hydrogen (secondary N) is 2. The largest absolute Gasteiger partial charge is 0.373 e. The molecule has 2 aromatic heterocycles. The molecule has 7 nitrogen and oxygen atoms in total. The molecule has 1 unspecified atom stereocenters. The number of nitrogens with zero attached hydrogens (tertiary/aromatic N) is 4. The number of rotatable bonds is 5. The maximum absolute atomic E-state index is 12.1. The van der Waals surface area contributed by atoms with Crippen molar-refractivity contribution >= 4 is 17.3 Å². The Kier molecular flexibility index (Phi) is 4.39. The Morgan fingerprint density at radius 3 is 2.80 bits per heavy atom. The Labute approximate surface area is 121 Å². The average Bonchev–Trinajstić information content (AvgIpc) is 2.92. The predicted octanol–water partition coefficient (Wildman–Crippen LogP) is 1.84. The summed E-state index contributed by atoms with van der Waals surface area (Å²) in [5.41, 5.74) is 0.190. The van der Waals surface area contributed by atoms with Crippen molar-refractivity contribution in [3.63, 3.8) is 0 Å². The van der Waals surface area contributed by atoms with Crippen LogP contribution in [0.2, 0.25) is 5.02 Å². The molecule has 2 N–H and O–H groups in total. The van der Waals surface area contributed by atoms with Crippen molar-refractivity contribution in [3.8, 4) is 0 Å². The van der Waals surface area contributed by atoms with Gasteiger partial charge in [0.05, 0.1) is 17.9 Å². The van der Waals surface area contributed by atoms with Gasteiger partial charge in [-0.25, -0.2) is 9.67 Å². The summed E-state index contributed by atoms with van der Waals surface area (Å²) in [6.45, 7) is 6.45. The topological polar surface area (TPSA) is 88.5 Å². The van der Waals surface area contributed by atoms with E-state index >= 15 is 0 Å². The normalized spacial score (nSPS) is 12.7. The van der Waals surface area contributed by atoms with Crippen LogP contribution in [0.15, 0.2) is 17.3 Å². The zero-order chi connectivity index (χ0) is 14.7. The molecule has 0 aliphatic rings. The second-order valence-corrected chi connectivity index (χ2v) is 5.37. The molecule has 1 atom stereocenters. The van der Waals surface area contributed by atoms with E-state index in [4.69, 9.17) is 11.6 Å². The second-order valence-electron chi connectivity index (χ2n) is 4.99. The molecule has 0 radical (unpaired) electrons. The Hall–Kier alpha value is -1.89. The van der Waals surface area contributed by atoms with Crippen LogP contribution in [-0.4, -0.2) is 25.0 Å². The summed E-state index contributed by atoms with van der Waals surface area (Å²) in [6.07, 6.45) is 2.98. The standard InChI is InChI=1S/C12H17ClN6O/c1-7(2)5-19-12(20)10(13)9(4-16-19)17-8(3)11-14-6-15-18-11/h4,6-8,17H,5H2,1-3H3,(H,14,15,18). The monoisotopic (exact) mass is 296 g/mol. The molecule has 108 valence electrons. The molecular weight excluding hydrogens is 280 g/mol. The van der Waals surface area contributed by atoms with Crippen LogP contribution >= 0.6 is 11.6 Å². The summed E-state index contributed by atoms with van der Waals surface area (Å²) in [5, 5.41) is 13.9. The van der Waals surface area contributed by atoms with Crippen molar-refractivity contribution in [3.05, 3.63) is 33.7 Å². The Balaban J connectivity index is 2.21. The fraction of sp³-hybridized carbons (Fsp3) is 0.500. The molecule has 0 saturated heterocycles. The summed E-state index contributed by atoms with van der Waals surface area (Å²) in [7, 11) is 0. The zero-order valence-corrected chi connectivity index (χ0v) is 12.3. The van der Waals surface area contributed by atoms with Crippen LogP contribution in [-0.2, 0) is 6.54 Å². The highest BCUT2D eigenvalue weighted by atomic mass is 35.5. The number of H-pyrrole nitrogens is 1. The minimum atomic E-state index is -0.296. The van der Waals surface area contributed by atoms with E-state index in [0.29, 0.717) is 24.0 Å². The number of anilines is 1. The highest BCUT2D eigenvalue weighted by Crippen LogP contribution is 2.20. The van der Waals surface area contributed by atoms with Crippen molar-refractivity contribution in [2.75, 3.05) is 5.32 Å². The molecule has 2 heterocycles. The molecule has 0 fully saturated rings. The summed E-state index contributed by atoms with van der Waals surface area (Å²) >= 11 is 6.11. The fourth-order valence-corrected chi connectivity index (χ4v) is 1.97. The van der Waals surface area contributed by atoms with E-state index in [1.807, 2.05) is 20.8 Å². The van der Waals surface area contributed by atoms with Crippen LogP contribution in [0.25, 0.3) is 0 Å². The van der Waals surface area contributed by atoms with Gasteiger partial charge >= 0.3 is 0 Å². The van der Waals surface area contributed by atoms with Gasteiger partial charge in [0.1, 0.15) is 17.2 Å². The van der Waals surface area contributed by atoms with E-state index in [2.05, 4.69) is 25.6 Å². The van der Waals surface area contributed by atoms with Gasteiger partial charge in [-0.3, -0.25) is 9.89 Å². The van der Waals surface area contributed by atoms with Crippen LogP contribution in [0.5, 0.6) is 0 Å². The first-order valence-electron chi connectivity index (χ1n) is 6.36. The van der Waals surface area contributed by atoms with Gasteiger partial charge in [-0.15, -0.1) is 0 Å². The van der Waals surface area contributed by atoms with Crippen LogP contribution in [0.3, 0.4) is 0 Å². The van der Waals surface area contributed by atoms with E-state index < -0.39 is 0 Å². The Bertz CT molecular complexity index is 621. The maximum Gasteiger partial charge on any atom is 0.287 e. The Morgan fingerprint density at radius 2 is 2.20 bits per heavy atom. The highest BCUT2D eigenvalue weighted by molar-refractivity contribution is 6.32. The van der Waals surface area contributed by atoms with E-state index in [-0.39, 0.29) is 16.6 Å². The predicted molar refractivity (Wildman–Crippen MR) is 76.8 cm³/mol. The van der Waals surface area contributed by atoms with Gasteiger partial charge in [0, 0.05) is 6.54 Å². The molecule has 0 amide bonds. The van der Waals surface area contributed by atoms with Gasteiger partial charge in [0.15, 0.2) is 0 Å². The molecule has 0 aliphatic carbocycles. The zero-order valence-electron chi connectivity index (χ0n) is 11.6. The minimum absolute atomic E-state index is 0.131. The van der Waals surface area contributed by atoms with Gasteiger partial charge < -0.3 is 5.32 Å². The van der Waals surface area contributed by atoms with E-state index in [9.17, 15) is 4.79 Å². The van der Waals surface area contributed by atoms with Crippen molar-refractivity contribution in [1.82, 2.24) is 25.0 Å². The number of aromatic nitrogens is 5. The number of hydrogen-bond donors (Lipinski definition) is 2. The van der Waals surface area contributed by atoms with Gasteiger partial charge in [-0.1, -0.05) is 25.4 Å². The minimum Gasteiger partial charge on any atom is -0.373 e. The molecule has 0 aromatic carbocycles. The lowest BCUT2D eigenvalue weighted by Crippen LogP contribution is -2.26. The number of halogens is 1. The molecule has 0 spiro atoms. The van der Waals surface area contributed by atoms with Crippen LogP contribution in [0, 0.1) is 5.92 Å². The van der Waals surface area contributed by atoms with Crippen molar-refractivity contribution in [2.24, 2.45) is 5.92 Å². The molecule has 0 saturated carbocycles. The summed E-state index contributed by atoms with van der Waals surface area (Å²) in [4.78, 5) is 16.1. The number of hydrogen-bond acceptors (Lipinski definition) is 5. The highest BCUT2D eigenvalue weighted by Gasteiger charge is 2.14. The third-order valence-corrected chi connectivity index (χ3v) is 3.10. The van der Waals surface area contributed by atoms with E-state index in [0.717, 1.165) is 0 Å². The third kappa shape index (κ3) is 3.16. The van der Waals surface area contributed by atoms with Crippen LogP contribution < -0.4 is 10.9 Å². The first kappa shape index (κ1) is 14.5. The van der Waals surface area contributed by atoms with Crippen LogP contribution in [0.1, 0.15) is 32.6 Å². The van der Waals surface area contributed by atoms with Gasteiger partial charge in [0.25, 0.3) is 5.56 Å². The quantitative estimate of drug-likeness (QED) is 0.879. The first-order valence-corrected chi connectivity index (χ1v) is 6.74. The molecule has 0 aliphatic heterocycles. The Morgan fingerprint density at radius 1 is 1.45 bits per heavy atom. The van der Waals surface area contributed by atoms with Crippen molar-refractivity contribution in [1.29, 1.82) is 0 Å². The molecule has 20 heavy (non-hydrogen) atoms. The second kappa shape index (κ2) is 6.04. The van der Waals surface area contributed by atoms with Crippen molar-refractivity contribution < 1.29 is 0 Å². The molecule has 2 rings (SSSR count). The molecule has 2 aromatic rings. The smallest absolute Gasteiger partial charge is 0.287 e. The van der Waals surface area contributed by atoms with Gasteiger partial charge in [-0.05, 0) is 12.8 Å². The van der Waals surface area contributed by atoms with E-state index in [1.54, 1.807) is 6.20 Å². The summed E-state index contributed by atoms with van der Waals surface area (Å²) in [5.74, 6) is 0.982. The van der Waals surface area contributed by atoms with E-state index in [1.165, 1.54) is 11.0 Å². The lowest BCUT2D eigenvalue weighted by atomic mass is 10.2. The molecule has 0 bridgehead atoms. The van der Waals surface area contributed by atoms with Gasteiger partial charge in [-0.2, -0.15) is 10.2 Å².